The Balaban J connectivity index is 1.86. The normalized spacial score (nSPS) is 16.5. The lowest BCUT2D eigenvalue weighted by Crippen LogP contribution is -2.20. The molecule has 23 heavy (non-hydrogen) atoms. The van der Waals surface area contributed by atoms with Crippen LogP contribution in [0.15, 0.2) is 78.9 Å². The van der Waals surface area contributed by atoms with Crippen molar-refractivity contribution in [1.29, 1.82) is 0 Å². The van der Waals surface area contributed by atoms with Crippen molar-refractivity contribution in [2.75, 3.05) is 0 Å². The average Bonchev–Trinajstić information content (AvgIpc) is 3.02. The Hall–Kier alpha value is -1.69. The van der Waals surface area contributed by atoms with Crippen molar-refractivity contribution < 1.29 is 0 Å². The van der Waals surface area contributed by atoms with E-state index >= 15 is 0 Å². The number of hydrogen-bond donors (Lipinski definition) is 0. The summed E-state index contributed by atoms with van der Waals surface area (Å²) in [5.41, 5.74) is 3.85. The van der Waals surface area contributed by atoms with Gasteiger partial charge in [0.05, 0.1) is 0 Å². The summed E-state index contributed by atoms with van der Waals surface area (Å²) in [6, 6.07) is 29.1. The van der Waals surface area contributed by atoms with Crippen molar-refractivity contribution >= 4 is 34.0 Å². The van der Waals surface area contributed by atoms with E-state index in [2.05, 4.69) is 89.1 Å². The first-order chi connectivity index (χ1) is 11.3. The minimum atomic E-state index is -0.350. The second kappa shape index (κ2) is 6.43. The number of hydrogen-bond acceptors (Lipinski definition) is 0. The van der Waals surface area contributed by atoms with Gasteiger partial charge < -0.3 is 0 Å². The van der Waals surface area contributed by atoms with E-state index in [4.69, 9.17) is 0 Å². The van der Waals surface area contributed by atoms with Crippen molar-refractivity contribution in [1.82, 2.24) is 0 Å². The lowest BCUT2D eigenvalue weighted by molar-refractivity contribution is 0.886. The molecule has 0 nitrogen and oxygen atoms in total. The van der Waals surface area contributed by atoms with Crippen LogP contribution in [0.2, 0.25) is 0 Å². The van der Waals surface area contributed by atoms with Gasteiger partial charge in [-0.1, -0.05) is 84.0 Å². The summed E-state index contributed by atoms with van der Waals surface area (Å²) in [6.07, 6.45) is 2.50. The van der Waals surface area contributed by atoms with Gasteiger partial charge in [-0.05, 0) is 42.5 Å². The third kappa shape index (κ3) is 2.80. The molecule has 1 aliphatic rings. The van der Waals surface area contributed by atoms with E-state index in [1.54, 1.807) is 11.1 Å². The molecule has 1 radical (unpaired) electrons. The van der Waals surface area contributed by atoms with E-state index in [9.17, 15) is 0 Å². The lowest BCUT2D eigenvalue weighted by Gasteiger charge is -2.27. The van der Waals surface area contributed by atoms with Crippen LogP contribution in [-0.2, 0) is 6.42 Å². The Morgan fingerprint density at radius 1 is 0.739 bits per heavy atom. The van der Waals surface area contributed by atoms with Crippen molar-refractivity contribution in [3.8, 4) is 0 Å². The van der Waals surface area contributed by atoms with E-state index in [0.29, 0.717) is 5.66 Å². The van der Waals surface area contributed by atoms with Crippen molar-refractivity contribution in [2.45, 2.75) is 18.5 Å². The molecule has 1 aliphatic carbocycles. The molecule has 0 saturated carbocycles. The van der Waals surface area contributed by atoms with Gasteiger partial charge in [-0.2, -0.15) is 0 Å². The molecule has 0 saturated heterocycles. The van der Waals surface area contributed by atoms with Crippen molar-refractivity contribution in [2.24, 2.45) is 0 Å². The third-order valence-electron chi connectivity index (χ3n) is 4.69. The van der Waals surface area contributed by atoms with Gasteiger partial charge in [0.15, 0.2) is 0 Å². The topological polar surface area (TPSA) is 0 Å². The van der Waals surface area contributed by atoms with Crippen LogP contribution < -0.4 is 15.8 Å². The molecule has 4 rings (SSSR count). The SMILES string of the molecule is [SiH2]c1cccc2c1C(P(c1ccccc1)c1ccccc1)CC2. The zero-order chi connectivity index (χ0) is 15.6. The maximum atomic E-state index is 2.33. The molecule has 2 heteroatoms. The summed E-state index contributed by atoms with van der Waals surface area (Å²) in [7, 11) is 1.70. The smallest absolute Gasteiger partial charge is 0.0481 e. The molecule has 1 atom stereocenters. The minimum Gasteiger partial charge on any atom is -0.0657 e. The van der Waals surface area contributed by atoms with Gasteiger partial charge in [0.25, 0.3) is 0 Å². The molecule has 0 aliphatic heterocycles. The van der Waals surface area contributed by atoms with E-state index in [-0.39, 0.29) is 7.92 Å². The highest BCUT2D eigenvalue weighted by molar-refractivity contribution is 7.73. The second-order valence-corrected chi connectivity index (χ2v) is 9.24. The highest BCUT2D eigenvalue weighted by atomic mass is 31.1. The molecular weight excluding hydrogens is 311 g/mol. The summed E-state index contributed by atoms with van der Waals surface area (Å²) in [6.45, 7) is 0. The molecule has 1 unspecified atom stereocenters. The number of aryl methyl sites for hydroxylation is 1. The first-order valence-corrected chi connectivity index (χ1v) is 10.3. The Morgan fingerprint density at radius 3 is 1.96 bits per heavy atom. The average molecular weight is 331 g/mol. The fraction of sp³-hybridized carbons (Fsp3) is 0.143. The fourth-order valence-electron chi connectivity index (χ4n) is 3.69. The number of benzene rings is 3. The standard InChI is InChI=1S/C21H20PSi/c23-20-13-7-8-16-14-15-19(21(16)20)22(17-9-3-1-4-10-17)18-11-5-2-6-12-18/h1-13,19H,14-15,23H2. The Bertz CT molecular complexity index is 759. The van der Waals surface area contributed by atoms with Crippen LogP contribution in [0, 0.1) is 0 Å². The van der Waals surface area contributed by atoms with Gasteiger partial charge in [0.2, 0.25) is 0 Å². The Kier molecular flexibility index (Phi) is 4.16. The highest BCUT2D eigenvalue weighted by Gasteiger charge is 2.32. The predicted molar refractivity (Wildman–Crippen MR) is 105 cm³/mol. The first-order valence-electron chi connectivity index (χ1n) is 8.17. The molecule has 0 spiro atoms. The van der Waals surface area contributed by atoms with E-state index in [0.717, 1.165) is 0 Å². The Labute approximate surface area is 142 Å². The van der Waals surface area contributed by atoms with Gasteiger partial charge in [-0.3, -0.25) is 0 Å². The van der Waals surface area contributed by atoms with Crippen molar-refractivity contribution in [3.05, 3.63) is 90.0 Å². The minimum absolute atomic E-state index is 0.350. The summed E-state index contributed by atoms with van der Waals surface area (Å²) in [5, 5.41) is 4.49. The predicted octanol–water partition coefficient (Wildman–Crippen LogP) is 3.07. The maximum absolute atomic E-state index is 2.33. The summed E-state index contributed by atoms with van der Waals surface area (Å²) >= 11 is 0. The fourth-order valence-corrected chi connectivity index (χ4v) is 7.46. The molecule has 0 N–H and O–H groups in total. The number of rotatable bonds is 3. The molecule has 3 aromatic carbocycles. The van der Waals surface area contributed by atoms with Crippen LogP contribution in [-0.4, -0.2) is 10.2 Å². The molecule has 0 fully saturated rings. The molecule has 0 bridgehead atoms. The van der Waals surface area contributed by atoms with Crippen LogP contribution in [0.1, 0.15) is 23.2 Å². The zero-order valence-corrected chi connectivity index (χ0v) is 15.5. The van der Waals surface area contributed by atoms with E-state index in [1.807, 2.05) is 0 Å². The van der Waals surface area contributed by atoms with E-state index < -0.39 is 0 Å². The summed E-state index contributed by atoms with van der Waals surface area (Å²) < 4.78 is 0. The molecule has 0 aromatic heterocycles. The highest BCUT2D eigenvalue weighted by Crippen LogP contribution is 2.54. The maximum Gasteiger partial charge on any atom is 0.0481 e. The third-order valence-corrected chi connectivity index (χ3v) is 8.15. The van der Waals surface area contributed by atoms with Gasteiger partial charge >= 0.3 is 0 Å². The molecule has 0 amide bonds. The van der Waals surface area contributed by atoms with Crippen LogP contribution in [0.4, 0.5) is 0 Å². The molecule has 113 valence electrons. The van der Waals surface area contributed by atoms with E-state index in [1.165, 1.54) is 28.6 Å². The number of fused-ring (bicyclic) bond motifs is 1. The van der Waals surface area contributed by atoms with Gasteiger partial charge in [-0.25, -0.2) is 0 Å². The monoisotopic (exact) mass is 331 g/mol. The largest absolute Gasteiger partial charge is 0.0657 e. The second-order valence-electron chi connectivity index (χ2n) is 6.09. The van der Waals surface area contributed by atoms with Gasteiger partial charge in [0.1, 0.15) is 0 Å². The quantitative estimate of drug-likeness (QED) is 0.511. The van der Waals surface area contributed by atoms with Crippen LogP contribution >= 0.6 is 7.92 Å². The molecule has 3 aromatic rings. The molecular formula is C21H20PSi. The first kappa shape index (κ1) is 14.9. The zero-order valence-electron chi connectivity index (χ0n) is 13.2. The molecule has 0 heterocycles. The Morgan fingerprint density at radius 2 is 1.35 bits per heavy atom. The van der Waals surface area contributed by atoms with Gasteiger partial charge in [0, 0.05) is 15.9 Å². The lowest BCUT2D eigenvalue weighted by atomic mass is 10.1. The summed E-state index contributed by atoms with van der Waals surface area (Å²) in [5.74, 6) is 0. The van der Waals surface area contributed by atoms with Crippen LogP contribution in [0.5, 0.6) is 0 Å². The summed E-state index contributed by atoms with van der Waals surface area (Å²) in [4.78, 5) is 0. The van der Waals surface area contributed by atoms with Crippen LogP contribution in [0.3, 0.4) is 0 Å². The van der Waals surface area contributed by atoms with Crippen molar-refractivity contribution in [3.63, 3.8) is 0 Å². The van der Waals surface area contributed by atoms with Gasteiger partial charge in [-0.15, -0.1) is 0 Å². The van der Waals surface area contributed by atoms with Crippen LogP contribution in [0.25, 0.3) is 0 Å².